The van der Waals surface area contributed by atoms with Crippen molar-refractivity contribution in [3.63, 3.8) is 0 Å². The van der Waals surface area contributed by atoms with Crippen LogP contribution in [0.4, 0.5) is 0 Å². The largest absolute Gasteiger partial charge is 0.481 e. The zero-order chi connectivity index (χ0) is 17.4. The minimum absolute atomic E-state index is 0.00968. The Morgan fingerprint density at radius 2 is 1.80 bits per heavy atom. The van der Waals surface area contributed by atoms with Crippen LogP contribution < -0.4 is 0 Å². The number of carbonyl (C=O) groups excluding carboxylic acids is 1. The third kappa shape index (κ3) is 2.78. The third-order valence-corrected chi connectivity index (χ3v) is 4.68. The molecule has 126 valence electrons. The smallest absolute Gasteiger partial charge is 0.305 e. The lowest BCUT2D eigenvalue weighted by Gasteiger charge is -2.34. The van der Waals surface area contributed by atoms with E-state index in [1.165, 1.54) is 0 Å². The van der Waals surface area contributed by atoms with Crippen LogP contribution in [0.3, 0.4) is 0 Å². The van der Waals surface area contributed by atoms with Crippen LogP contribution in [0.15, 0.2) is 60.7 Å². The molecule has 2 heterocycles. The van der Waals surface area contributed by atoms with Gasteiger partial charge in [-0.3, -0.25) is 9.59 Å². The Morgan fingerprint density at radius 3 is 2.56 bits per heavy atom. The topological polar surface area (TPSA) is 62.5 Å². The number of aliphatic carboxylic acids is 1. The van der Waals surface area contributed by atoms with Gasteiger partial charge in [0.25, 0.3) is 5.91 Å². The van der Waals surface area contributed by atoms with E-state index in [2.05, 4.69) is 0 Å². The van der Waals surface area contributed by atoms with Gasteiger partial charge in [-0.2, -0.15) is 0 Å². The SMILES string of the molecule is O=C(O)C[C@H]1CN(Cc2ccccc2)C(=O)c2cc3ccccc3n21. The summed E-state index contributed by atoms with van der Waals surface area (Å²) in [6.07, 6.45) is -0.00968. The minimum Gasteiger partial charge on any atom is -0.481 e. The van der Waals surface area contributed by atoms with Gasteiger partial charge in [0.05, 0.1) is 12.5 Å². The van der Waals surface area contributed by atoms with Gasteiger partial charge in [-0.1, -0.05) is 48.5 Å². The molecule has 25 heavy (non-hydrogen) atoms. The van der Waals surface area contributed by atoms with Crippen molar-refractivity contribution >= 4 is 22.8 Å². The van der Waals surface area contributed by atoms with Crippen LogP contribution in [0.2, 0.25) is 0 Å². The Bertz CT molecular complexity index is 946. The summed E-state index contributed by atoms with van der Waals surface area (Å²) in [4.78, 5) is 26.1. The Morgan fingerprint density at radius 1 is 1.08 bits per heavy atom. The first-order valence-electron chi connectivity index (χ1n) is 8.28. The highest BCUT2D eigenvalue weighted by Crippen LogP contribution is 2.32. The maximum atomic E-state index is 13.0. The summed E-state index contributed by atoms with van der Waals surface area (Å²) in [6.45, 7) is 0.878. The molecule has 1 atom stereocenters. The van der Waals surface area contributed by atoms with Crippen LogP contribution in [0, 0.1) is 0 Å². The molecule has 1 aliphatic rings. The number of rotatable bonds is 4. The van der Waals surface area contributed by atoms with Crippen molar-refractivity contribution in [2.24, 2.45) is 0 Å². The number of amides is 1. The van der Waals surface area contributed by atoms with Crippen molar-refractivity contribution in [2.75, 3.05) is 6.54 Å². The molecule has 5 nitrogen and oxygen atoms in total. The number of nitrogens with zero attached hydrogens (tertiary/aromatic N) is 2. The summed E-state index contributed by atoms with van der Waals surface area (Å²) in [5, 5.41) is 10.3. The van der Waals surface area contributed by atoms with Crippen molar-refractivity contribution in [1.29, 1.82) is 0 Å². The number of benzene rings is 2. The van der Waals surface area contributed by atoms with Crippen LogP contribution in [-0.4, -0.2) is 33.0 Å². The maximum Gasteiger partial charge on any atom is 0.305 e. The zero-order valence-corrected chi connectivity index (χ0v) is 13.6. The van der Waals surface area contributed by atoms with Gasteiger partial charge in [0.1, 0.15) is 5.69 Å². The first-order valence-corrected chi connectivity index (χ1v) is 8.28. The fourth-order valence-corrected chi connectivity index (χ4v) is 3.61. The zero-order valence-electron chi connectivity index (χ0n) is 13.6. The molecule has 1 aliphatic heterocycles. The fourth-order valence-electron chi connectivity index (χ4n) is 3.61. The molecular weight excluding hydrogens is 316 g/mol. The average Bonchev–Trinajstić information content (AvgIpc) is 2.99. The Balaban J connectivity index is 1.77. The quantitative estimate of drug-likeness (QED) is 0.796. The van der Waals surface area contributed by atoms with Gasteiger partial charge >= 0.3 is 5.97 Å². The summed E-state index contributed by atoms with van der Waals surface area (Å²) in [6, 6.07) is 19.1. The highest BCUT2D eigenvalue weighted by Gasteiger charge is 2.33. The van der Waals surface area contributed by atoms with Crippen LogP contribution in [0.1, 0.15) is 28.5 Å². The van der Waals surface area contributed by atoms with E-state index < -0.39 is 5.97 Å². The van der Waals surface area contributed by atoms with Gasteiger partial charge < -0.3 is 14.6 Å². The molecule has 0 spiro atoms. The molecule has 1 amide bonds. The molecule has 0 saturated heterocycles. The lowest BCUT2D eigenvalue weighted by Crippen LogP contribution is -2.42. The molecule has 3 aromatic rings. The van der Waals surface area contributed by atoms with Gasteiger partial charge in [-0.05, 0) is 17.7 Å². The molecule has 4 rings (SSSR count). The summed E-state index contributed by atoms with van der Waals surface area (Å²) in [5.41, 5.74) is 2.51. The fraction of sp³-hybridized carbons (Fsp3) is 0.200. The van der Waals surface area contributed by atoms with E-state index in [4.69, 9.17) is 0 Å². The van der Waals surface area contributed by atoms with Crippen LogP contribution >= 0.6 is 0 Å². The Labute approximate surface area is 145 Å². The third-order valence-electron chi connectivity index (χ3n) is 4.68. The second-order valence-corrected chi connectivity index (χ2v) is 6.38. The predicted molar refractivity (Wildman–Crippen MR) is 94.4 cm³/mol. The molecule has 0 bridgehead atoms. The Kier molecular flexibility index (Phi) is 3.76. The number of carboxylic acids is 1. The highest BCUT2D eigenvalue weighted by atomic mass is 16.4. The lowest BCUT2D eigenvalue weighted by molar-refractivity contribution is -0.138. The summed E-state index contributed by atoms with van der Waals surface area (Å²) >= 11 is 0. The first kappa shape index (κ1) is 15.4. The maximum absolute atomic E-state index is 13.0. The summed E-state index contributed by atoms with van der Waals surface area (Å²) in [5.74, 6) is -0.913. The van der Waals surface area contributed by atoms with Gasteiger partial charge in [0, 0.05) is 24.0 Å². The number of hydrogen-bond acceptors (Lipinski definition) is 2. The number of aromatic nitrogens is 1. The second-order valence-electron chi connectivity index (χ2n) is 6.38. The molecule has 1 aromatic heterocycles. The number of para-hydroxylation sites is 1. The normalized spacial score (nSPS) is 16.9. The second kappa shape index (κ2) is 6.09. The number of hydrogen-bond donors (Lipinski definition) is 1. The average molecular weight is 334 g/mol. The van der Waals surface area contributed by atoms with Crippen LogP contribution in [-0.2, 0) is 11.3 Å². The molecule has 2 aromatic carbocycles. The lowest BCUT2D eigenvalue weighted by atomic mass is 10.1. The number of fused-ring (bicyclic) bond motifs is 3. The minimum atomic E-state index is -0.859. The van der Waals surface area contributed by atoms with E-state index in [0.717, 1.165) is 16.5 Å². The molecule has 0 radical (unpaired) electrons. The first-order chi connectivity index (χ1) is 12.1. The van der Waals surface area contributed by atoms with Crippen molar-refractivity contribution in [3.8, 4) is 0 Å². The van der Waals surface area contributed by atoms with E-state index in [-0.39, 0.29) is 18.4 Å². The predicted octanol–water partition coefficient (Wildman–Crippen LogP) is 3.31. The van der Waals surface area contributed by atoms with Gasteiger partial charge in [0.15, 0.2) is 0 Å². The molecule has 0 fully saturated rings. The molecule has 0 saturated carbocycles. The van der Waals surface area contributed by atoms with E-state index >= 15 is 0 Å². The molecule has 5 heteroatoms. The van der Waals surface area contributed by atoms with Crippen molar-refractivity contribution in [2.45, 2.75) is 19.0 Å². The standard InChI is InChI=1S/C20H18N2O3/c23-19(24)11-16-13-21(12-14-6-2-1-3-7-14)20(25)18-10-15-8-4-5-9-17(15)22(16)18/h1-10,16H,11-13H2,(H,23,24)/t16-/m0/s1. The monoisotopic (exact) mass is 334 g/mol. The van der Waals surface area contributed by atoms with Gasteiger partial charge in [-0.15, -0.1) is 0 Å². The molecule has 0 unspecified atom stereocenters. The van der Waals surface area contributed by atoms with Crippen LogP contribution in [0.5, 0.6) is 0 Å². The van der Waals surface area contributed by atoms with Crippen LogP contribution in [0.25, 0.3) is 10.9 Å². The van der Waals surface area contributed by atoms with E-state index in [0.29, 0.717) is 18.8 Å². The number of carbonyl (C=O) groups is 2. The summed E-state index contributed by atoms with van der Waals surface area (Å²) < 4.78 is 1.90. The van der Waals surface area contributed by atoms with Gasteiger partial charge in [-0.25, -0.2) is 0 Å². The highest BCUT2D eigenvalue weighted by molar-refractivity contribution is 5.99. The molecule has 1 N–H and O–H groups in total. The van der Waals surface area contributed by atoms with E-state index in [1.807, 2.05) is 65.2 Å². The Hall–Kier alpha value is -3.08. The molecule has 0 aliphatic carbocycles. The van der Waals surface area contributed by atoms with E-state index in [1.54, 1.807) is 4.90 Å². The van der Waals surface area contributed by atoms with Crippen molar-refractivity contribution in [3.05, 3.63) is 71.9 Å². The van der Waals surface area contributed by atoms with Crippen molar-refractivity contribution in [1.82, 2.24) is 9.47 Å². The van der Waals surface area contributed by atoms with E-state index in [9.17, 15) is 14.7 Å². The molecular formula is C20H18N2O3. The number of carboxylic acid groups (broad SMARTS) is 1. The summed E-state index contributed by atoms with van der Waals surface area (Å²) in [7, 11) is 0. The van der Waals surface area contributed by atoms with Gasteiger partial charge in [0.2, 0.25) is 0 Å². The van der Waals surface area contributed by atoms with Crippen molar-refractivity contribution < 1.29 is 14.7 Å².